The molecule has 0 amide bonds. The van der Waals surface area contributed by atoms with E-state index in [0.29, 0.717) is 13.2 Å². The van der Waals surface area contributed by atoms with Crippen molar-refractivity contribution in [1.82, 2.24) is 5.32 Å². The van der Waals surface area contributed by atoms with Crippen LogP contribution in [0.25, 0.3) is 0 Å². The second-order valence-electron chi connectivity index (χ2n) is 3.21. The first-order valence-electron chi connectivity index (χ1n) is 5.10. The zero-order chi connectivity index (χ0) is 10.9. The summed E-state index contributed by atoms with van der Waals surface area (Å²) in [7, 11) is 0. The fourth-order valence-corrected chi connectivity index (χ4v) is 1.19. The molecule has 0 atom stereocenters. The molecular weight excluding hydrogens is 188 g/mol. The zero-order valence-electron chi connectivity index (χ0n) is 8.91. The number of benzene rings is 1. The van der Waals surface area contributed by atoms with Gasteiger partial charge in [0.2, 0.25) is 0 Å². The van der Waals surface area contributed by atoms with Crippen LogP contribution in [-0.4, -0.2) is 19.7 Å². The zero-order valence-corrected chi connectivity index (χ0v) is 8.91. The molecule has 0 bridgehead atoms. The lowest BCUT2D eigenvalue weighted by molar-refractivity contribution is 0.363. The van der Waals surface area contributed by atoms with E-state index in [9.17, 15) is 0 Å². The molecule has 0 unspecified atom stereocenters. The van der Waals surface area contributed by atoms with Crippen LogP contribution in [0.3, 0.4) is 0 Å². The van der Waals surface area contributed by atoms with E-state index in [1.165, 1.54) is 5.56 Å². The highest BCUT2D eigenvalue weighted by Crippen LogP contribution is 2.11. The van der Waals surface area contributed by atoms with Gasteiger partial charge in [0.25, 0.3) is 0 Å². The lowest BCUT2D eigenvalue weighted by Crippen LogP contribution is -2.21. The molecule has 0 aromatic heterocycles. The molecule has 1 aromatic rings. The second-order valence-corrected chi connectivity index (χ2v) is 3.21. The summed E-state index contributed by atoms with van der Waals surface area (Å²) in [6, 6.07) is 8.01. The van der Waals surface area contributed by atoms with Gasteiger partial charge in [0.15, 0.2) is 0 Å². The van der Waals surface area contributed by atoms with Crippen molar-refractivity contribution < 1.29 is 4.74 Å². The Balaban J connectivity index is 2.38. The van der Waals surface area contributed by atoms with Crippen LogP contribution in [0, 0.1) is 0 Å². The summed E-state index contributed by atoms with van der Waals surface area (Å²) < 4.78 is 5.38. The summed E-state index contributed by atoms with van der Waals surface area (Å²) >= 11 is 0. The molecule has 15 heavy (non-hydrogen) atoms. The van der Waals surface area contributed by atoms with E-state index in [4.69, 9.17) is 10.5 Å². The minimum absolute atomic E-state index is 0.546. The molecule has 3 N–H and O–H groups in total. The average Bonchev–Trinajstić information content (AvgIpc) is 2.28. The molecule has 3 heteroatoms. The summed E-state index contributed by atoms with van der Waals surface area (Å²) in [6.45, 7) is 6.50. The van der Waals surface area contributed by atoms with Crippen molar-refractivity contribution in [2.45, 2.75) is 6.54 Å². The maximum Gasteiger partial charge on any atom is 0.119 e. The molecular formula is C12H18N2O. The fraction of sp³-hybridized carbons (Fsp3) is 0.333. The van der Waals surface area contributed by atoms with Gasteiger partial charge in [0.05, 0.1) is 0 Å². The summed E-state index contributed by atoms with van der Waals surface area (Å²) in [5.74, 6) is 0.873. The van der Waals surface area contributed by atoms with Crippen LogP contribution < -0.4 is 15.8 Å². The van der Waals surface area contributed by atoms with Crippen molar-refractivity contribution >= 4 is 0 Å². The largest absolute Gasteiger partial charge is 0.490 e. The van der Waals surface area contributed by atoms with Crippen LogP contribution in [-0.2, 0) is 6.54 Å². The van der Waals surface area contributed by atoms with Crippen molar-refractivity contribution in [3.63, 3.8) is 0 Å². The Kier molecular flexibility index (Phi) is 5.51. The Hall–Kier alpha value is -1.32. The van der Waals surface area contributed by atoms with Gasteiger partial charge >= 0.3 is 0 Å². The third-order valence-electron chi connectivity index (χ3n) is 1.94. The van der Waals surface area contributed by atoms with Gasteiger partial charge in [-0.15, -0.1) is 0 Å². The summed E-state index contributed by atoms with van der Waals surface area (Å²) in [5, 5.41) is 3.23. The predicted octanol–water partition coefficient (Wildman–Crippen LogP) is 1.30. The Bertz CT molecular complexity index is 282. The van der Waals surface area contributed by atoms with E-state index in [-0.39, 0.29) is 0 Å². The Morgan fingerprint density at radius 2 is 2.07 bits per heavy atom. The quantitative estimate of drug-likeness (QED) is 0.522. The third kappa shape index (κ3) is 4.63. The third-order valence-corrected chi connectivity index (χ3v) is 1.94. The molecule has 0 saturated carbocycles. The van der Waals surface area contributed by atoms with E-state index in [0.717, 1.165) is 18.8 Å². The van der Waals surface area contributed by atoms with Gasteiger partial charge in [-0.2, -0.15) is 0 Å². The van der Waals surface area contributed by atoms with Gasteiger partial charge in [-0.25, -0.2) is 0 Å². The van der Waals surface area contributed by atoms with Crippen LogP contribution in [0.1, 0.15) is 5.56 Å². The normalized spacial score (nSPS) is 9.93. The monoisotopic (exact) mass is 206 g/mol. The van der Waals surface area contributed by atoms with E-state index in [2.05, 4.69) is 11.9 Å². The molecule has 0 spiro atoms. The maximum atomic E-state index is 5.38. The standard InChI is InChI=1S/C12H18N2O/c1-2-9-15-12-5-3-11(4-6-12)10-14-8-7-13/h2-6,14H,1,7-10,13H2. The van der Waals surface area contributed by atoms with Crippen molar-refractivity contribution in [2.24, 2.45) is 5.73 Å². The first-order valence-corrected chi connectivity index (χ1v) is 5.10. The number of rotatable bonds is 7. The molecule has 0 aliphatic carbocycles. The topological polar surface area (TPSA) is 47.3 Å². The highest BCUT2D eigenvalue weighted by molar-refractivity contribution is 5.27. The van der Waals surface area contributed by atoms with Crippen LogP contribution in [0.2, 0.25) is 0 Å². The highest BCUT2D eigenvalue weighted by atomic mass is 16.5. The van der Waals surface area contributed by atoms with E-state index in [1.807, 2.05) is 24.3 Å². The van der Waals surface area contributed by atoms with E-state index < -0.39 is 0 Å². The van der Waals surface area contributed by atoms with Crippen molar-refractivity contribution in [1.29, 1.82) is 0 Å². The molecule has 3 nitrogen and oxygen atoms in total. The predicted molar refractivity (Wildman–Crippen MR) is 62.9 cm³/mol. The molecule has 0 heterocycles. The Morgan fingerprint density at radius 3 is 2.67 bits per heavy atom. The lowest BCUT2D eigenvalue weighted by atomic mass is 10.2. The number of nitrogens with one attached hydrogen (secondary N) is 1. The van der Waals surface area contributed by atoms with Gasteiger partial charge in [-0.05, 0) is 17.7 Å². The van der Waals surface area contributed by atoms with E-state index in [1.54, 1.807) is 6.08 Å². The first-order chi connectivity index (χ1) is 7.36. The van der Waals surface area contributed by atoms with Crippen molar-refractivity contribution in [2.75, 3.05) is 19.7 Å². The van der Waals surface area contributed by atoms with Crippen LogP contribution >= 0.6 is 0 Å². The van der Waals surface area contributed by atoms with Crippen LogP contribution in [0.4, 0.5) is 0 Å². The van der Waals surface area contributed by atoms with Crippen molar-refractivity contribution in [3.8, 4) is 5.75 Å². The van der Waals surface area contributed by atoms with Gasteiger partial charge < -0.3 is 15.8 Å². The molecule has 1 aromatic carbocycles. The first kappa shape index (κ1) is 11.8. The van der Waals surface area contributed by atoms with Crippen LogP contribution in [0.15, 0.2) is 36.9 Å². The number of hydrogen-bond donors (Lipinski definition) is 2. The van der Waals surface area contributed by atoms with E-state index >= 15 is 0 Å². The van der Waals surface area contributed by atoms with Gasteiger partial charge in [-0.3, -0.25) is 0 Å². The Labute approximate surface area is 90.9 Å². The maximum absolute atomic E-state index is 5.38. The summed E-state index contributed by atoms with van der Waals surface area (Å²) in [4.78, 5) is 0. The highest BCUT2D eigenvalue weighted by Gasteiger charge is 1.94. The number of nitrogens with two attached hydrogens (primary N) is 1. The molecule has 0 saturated heterocycles. The van der Waals surface area contributed by atoms with Gasteiger partial charge in [0, 0.05) is 19.6 Å². The average molecular weight is 206 g/mol. The fourth-order valence-electron chi connectivity index (χ4n) is 1.19. The SMILES string of the molecule is C=CCOc1ccc(CNCCN)cc1. The minimum atomic E-state index is 0.546. The summed E-state index contributed by atoms with van der Waals surface area (Å²) in [5.41, 5.74) is 6.61. The second kappa shape index (κ2) is 7.04. The summed E-state index contributed by atoms with van der Waals surface area (Å²) in [6.07, 6.45) is 1.73. The Morgan fingerprint density at radius 1 is 1.33 bits per heavy atom. The van der Waals surface area contributed by atoms with Crippen LogP contribution in [0.5, 0.6) is 5.75 Å². The van der Waals surface area contributed by atoms with Gasteiger partial charge in [-0.1, -0.05) is 24.8 Å². The molecule has 82 valence electrons. The molecule has 0 aliphatic heterocycles. The number of hydrogen-bond acceptors (Lipinski definition) is 3. The lowest BCUT2D eigenvalue weighted by Gasteiger charge is -2.05. The van der Waals surface area contributed by atoms with Gasteiger partial charge in [0.1, 0.15) is 12.4 Å². The molecule has 0 fully saturated rings. The molecule has 0 radical (unpaired) electrons. The van der Waals surface area contributed by atoms with Crippen molar-refractivity contribution in [3.05, 3.63) is 42.5 Å². The minimum Gasteiger partial charge on any atom is -0.490 e. The molecule has 1 rings (SSSR count). The number of ether oxygens (including phenoxy) is 1. The smallest absolute Gasteiger partial charge is 0.119 e. The molecule has 0 aliphatic rings.